The van der Waals surface area contributed by atoms with Crippen LogP contribution in [0.1, 0.15) is 33.6 Å². The van der Waals surface area contributed by atoms with Crippen LogP contribution in [0.3, 0.4) is 0 Å². The highest BCUT2D eigenvalue weighted by molar-refractivity contribution is 5.97. The molecular weight excluding hydrogens is 320 g/mol. The van der Waals surface area contributed by atoms with Gasteiger partial charge >= 0.3 is 5.97 Å². The first-order valence-corrected chi connectivity index (χ1v) is 8.28. The van der Waals surface area contributed by atoms with E-state index in [0.29, 0.717) is 24.2 Å². The van der Waals surface area contributed by atoms with Gasteiger partial charge in [-0.3, -0.25) is 14.4 Å². The number of carboxylic acids is 1. The molecule has 0 fully saturated rings. The number of rotatable bonds is 4. The molecule has 0 saturated heterocycles. The molecule has 0 heterocycles. The lowest BCUT2D eigenvalue weighted by Crippen LogP contribution is -2.34. The van der Waals surface area contributed by atoms with Crippen molar-refractivity contribution < 1.29 is 19.5 Å². The van der Waals surface area contributed by atoms with E-state index in [1.165, 1.54) is 0 Å². The monoisotopic (exact) mass is 344 g/mol. The summed E-state index contributed by atoms with van der Waals surface area (Å²) in [6.07, 6.45) is 4.40. The lowest BCUT2D eigenvalue weighted by molar-refractivity contribution is -0.146. The van der Waals surface area contributed by atoms with Crippen LogP contribution < -0.4 is 10.6 Å². The quantitative estimate of drug-likeness (QED) is 0.731. The first-order valence-electron chi connectivity index (χ1n) is 8.28. The minimum absolute atomic E-state index is 0.126. The van der Waals surface area contributed by atoms with E-state index in [0.717, 1.165) is 0 Å². The summed E-state index contributed by atoms with van der Waals surface area (Å²) in [5, 5.41) is 14.8. The van der Waals surface area contributed by atoms with Gasteiger partial charge in [0, 0.05) is 16.8 Å². The summed E-state index contributed by atoms with van der Waals surface area (Å²) in [5.74, 6) is -2.73. The van der Waals surface area contributed by atoms with Gasteiger partial charge in [-0.2, -0.15) is 0 Å². The lowest BCUT2D eigenvalue weighted by Gasteiger charge is -2.24. The van der Waals surface area contributed by atoms with E-state index in [4.69, 9.17) is 0 Å². The maximum absolute atomic E-state index is 12.5. The third-order valence-electron chi connectivity index (χ3n) is 4.16. The zero-order valence-corrected chi connectivity index (χ0v) is 14.7. The molecule has 0 aliphatic heterocycles. The van der Waals surface area contributed by atoms with Crippen molar-refractivity contribution >= 4 is 29.2 Å². The van der Waals surface area contributed by atoms with Crippen molar-refractivity contribution in [2.75, 3.05) is 10.6 Å². The third kappa shape index (κ3) is 4.92. The molecular formula is C19H24N2O4. The maximum atomic E-state index is 12.5. The van der Waals surface area contributed by atoms with Crippen LogP contribution in [0.4, 0.5) is 11.4 Å². The minimum Gasteiger partial charge on any atom is -0.481 e. The summed E-state index contributed by atoms with van der Waals surface area (Å²) < 4.78 is 0. The molecule has 0 spiro atoms. The van der Waals surface area contributed by atoms with Crippen LogP contribution >= 0.6 is 0 Å². The Balaban J connectivity index is 2.08. The second kappa shape index (κ2) is 7.51. The van der Waals surface area contributed by atoms with E-state index in [-0.39, 0.29) is 11.8 Å². The zero-order chi connectivity index (χ0) is 18.6. The summed E-state index contributed by atoms with van der Waals surface area (Å²) in [6.45, 7) is 5.45. The zero-order valence-electron chi connectivity index (χ0n) is 14.7. The van der Waals surface area contributed by atoms with Gasteiger partial charge in [0.15, 0.2) is 0 Å². The van der Waals surface area contributed by atoms with Gasteiger partial charge in [-0.25, -0.2) is 0 Å². The maximum Gasteiger partial charge on any atom is 0.307 e. The van der Waals surface area contributed by atoms with E-state index in [2.05, 4.69) is 10.6 Å². The Morgan fingerprint density at radius 1 is 1.00 bits per heavy atom. The normalized spacial score (nSPS) is 20.0. The Labute approximate surface area is 147 Å². The summed E-state index contributed by atoms with van der Waals surface area (Å²) in [5.41, 5.74) is 0.578. The van der Waals surface area contributed by atoms with Gasteiger partial charge in [0.2, 0.25) is 11.8 Å². The third-order valence-corrected chi connectivity index (χ3v) is 4.16. The average molecular weight is 344 g/mol. The molecule has 2 amide bonds. The second-order valence-corrected chi connectivity index (χ2v) is 7.27. The van der Waals surface area contributed by atoms with Crippen LogP contribution in [0, 0.1) is 17.3 Å². The molecule has 6 nitrogen and oxygen atoms in total. The first-order chi connectivity index (χ1) is 11.7. The van der Waals surface area contributed by atoms with Gasteiger partial charge in [0.25, 0.3) is 0 Å². The van der Waals surface area contributed by atoms with Crippen LogP contribution in [0.25, 0.3) is 0 Å². The predicted octanol–water partition coefficient (Wildman–Crippen LogP) is 3.28. The molecule has 2 unspecified atom stereocenters. The molecule has 0 saturated carbocycles. The smallest absolute Gasteiger partial charge is 0.307 e. The van der Waals surface area contributed by atoms with E-state index in [1.807, 2.05) is 26.8 Å². The molecule has 1 aromatic rings. The van der Waals surface area contributed by atoms with Crippen molar-refractivity contribution in [3.8, 4) is 0 Å². The number of hydrogen-bond donors (Lipinski definition) is 3. The van der Waals surface area contributed by atoms with Crippen LogP contribution in [-0.4, -0.2) is 22.9 Å². The number of allylic oxidation sites excluding steroid dienone is 2. The van der Waals surface area contributed by atoms with E-state index in [9.17, 15) is 19.5 Å². The number of benzene rings is 1. The number of nitrogens with one attached hydrogen (secondary N) is 2. The number of hydrogen-bond acceptors (Lipinski definition) is 3. The largest absolute Gasteiger partial charge is 0.481 e. The Morgan fingerprint density at radius 3 is 2.12 bits per heavy atom. The molecule has 1 aliphatic carbocycles. The summed E-state index contributed by atoms with van der Waals surface area (Å²) >= 11 is 0. The Kier molecular flexibility index (Phi) is 5.62. The molecule has 0 aromatic heterocycles. The molecule has 0 radical (unpaired) electrons. The molecule has 6 heteroatoms. The van der Waals surface area contributed by atoms with E-state index >= 15 is 0 Å². The molecule has 2 atom stereocenters. The molecule has 2 rings (SSSR count). The lowest BCUT2D eigenvalue weighted by atomic mass is 9.82. The molecule has 3 N–H and O–H groups in total. The molecule has 1 aromatic carbocycles. The summed E-state index contributed by atoms with van der Waals surface area (Å²) in [4.78, 5) is 35.9. The fraction of sp³-hybridized carbons (Fsp3) is 0.421. The van der Waals surface area contributed by atoms with Crippen molar-refractivity contribution in [2.24, 2.45) is 17.3 Å². The number of anilines is 2. The number of carboxylic acid groups (broad SMARTS) is 1. The SMILES string of the molecule is CC(C)(C)C(=O)Nc1cccc(NC(=O)C2CC=CCC2C(=O)O)c1. The highest BCUT2D eigenvalue weighted by Gasteiger charge is 2.34. The van der Waals surface area contributed by atoms with Crippen molar-refractivity contribution in [3.63, 3.8) is 0 Å². The van der Waals surface area contributed by atoms with Crippen LogP contribution in [-0.2, 0) is 14.4 Å². The fourth-order valence-corrected chi connectivity index (χ4v) is 2.61. The summed E-state index contributed by atoms with van der Waals surface area (Å²) in [6, 6.07) is 6.83. The Bertz CT molecular complexity index is 704. The number of carbonyl (C=O) groups excluding carboxylic acids is 2. The van der Waals surface area contributed by atoms with Crippen molar-refractivity contribution in [3.05, 3.63) is 36.4 Å². The van der Waals surface area contributed by atoms with Gasteiger partial charge < -0.3 is 15.7 Å². The van der Waals surface area contributed by atoms with Crippen molar-refractivity contribution in [1.29, 1.82) is 0 Å². The molecule has 1 aliphatic rings. The number of amides is 2. The van der Waals surface area contributed by atoms with Crippen molar-refractivity contribution in [2.45, 2.75) is 33.6 Å². The van der Waals surface area contributed by atoms with Gasteiger partial charge in [0.1, 0.15) is 0 Å². The molecule has 25 heavy (non-hydrogen) atoms. The summed E-state index contributed by atoms with van der Waals surface area (Å²) in [7, 11) is 0. The van der Waals surface area contributed by atoms with Crippen LogP contribution in [0.5, 0.6) is 0 Å². The Hall–Kier alpha value is -2.63. The predicted molar refractivity (Wildman–Crippen MR) is 96.1 cm³/mol. The fourth-order valence-electron chi connectivity index (χ4n) is 2.61. The number of carbonyl (C=O) groups is 3. The standard InChI is InChI=1S/C19H24N2O4/c1-19(2,3)18(25)21-13-8-6-7-12(11-13)20-16(22)14-9-4-5-10-15(14)17(23)24/h4-8,11,14-15H,9-10H2,1-3H3,(H,20,22)(H,21,25)(H,23,24). The topological polar surface area (TPSA) is 95.5 Å². The molecule has 134 valence electrons. The Morgan fingerprint density at radius 2 is 1.56 bits per heavy atom. The minimum atomic E-state index is -0.962. The van der Waals surface area contributed by atoms with Gasteiger partial charge in [-0.1, -0.05) is 39.0 Å². The van der Waals surface area contributed by atoms with Crippen molar-refractivity contribution in [1.82, 2.24) is 0 Å². The second-order valence-electron chi connectivity index (χ2n) is 7.27. The van der Waals surface area contributed by atoms with Gasteiger partial charge in [0.05, 0.1) is 11.8 Å². The van der Waals surface area contributed by atoms with E-state index < -0.39 is 23.2 Å². The van der Waals surface area contributed by atoms with Gasteiger partial charge in [-0.15, -0.1) is 0 Å². The first kappa shape index (κ1) is 18.7. The molecule has 0 bridgehead atoms. The highest BCUT2D eigenvalue weighted by Crippen LogP contribution is 2.28. The van der Waals surface area contributed by atoms with Crippen LogP contribution in [0.15, 0.2) is 36.4 Å². The highest BCUT2D eigenvalue weighted by atomic mass is 16.4. The van der Waals surface area contributed by atoms with E-state index in [1.54, 1.807) is 30.3 Å². The number of aliphatic carboxylic acids is 1. The average Bonchev–Trinajstić information content (AvgIpc) is 2.54. The van der Waals surface area contributed by atoms with Crippen LogP contribution in [0.2, 0.25) is 0 Å². The van der Waals surface area contributed by atoms with Gasteiger partial charge in [-0.05, 0) is 31.0 Å².